The Balaban J connectivity index is 1.75. The second-order valence-corrected chi connectivity index (χ2v) is 5.37. The molecule has 0 bridgehead atoms. The Kier molecular flexibility index (Phi) is 3.73. The van der Waals surface area contributed by atoms with Crippen LogP contribution in [0.5, 0.6) is 0 Å². The van der Waals surface area contributed by atoms with E-state index in [1.165, 1.54) is 16.7 Å². The van der Waals surface area contributed by atoms with Crippen molar-refractivity contribution in [2.45, 2.75) is 20.4 Å². The molecule has 1 N–H and O–H groups in total. The molecular formula is C18H19N3. The zero-order valence-electron chi connectivity index (χ0n) is 12.4. The predicted molar refractivity (Wildman–Crippen MR) is 86.8 cm³/mol. The van der Waals surface area contributed by atoms with E-state index in [0.717, 1.165) is 17.9 Å². The van der Waals surface area contributed by atoms with Gasteiger partial charge in [-0.15, -0.1) is 0 Å². The van der Waals surface area contributed by atoms with Crippen molar-refractivity contribution in [2.75, 3.05) is 5.32 Å². The molecule has 3 heteroatoms. The number of benzene rings is 2. The van der Waals surface area contributed by atoms with Crippen LogP contribution in [0.4, 0.5) is 5.69 Å². The molecule has 2 aromatic carbocycles. The summed E-state index contributed by atoms with van der Waals surface area (Å²) in [6, 6.07) is 15.0. The van der Waals surface area contributed by atoms with Crippen LogP contribution in [0.3, 0.4) is 0 Å². The van der Waals surface area contributed by atoms with E-state index < -0.39 is 0 Å². The Morgan fingerprint density at radius 3 is 2.57 bits per heavy atom. The first-order valence-corrected chi connectivity index (χ1v) is 7.10. The molecule has 0 spiro atoms. The topological polar surface area (TPSA) is 29.9 Å². The summed E-state index contributed by atoms with van der Waals surface area (Å²) in [5, 5.41) is 3.48. The van der Waals surface area contributed by atoms with Crippen LogP contribution >= 0.6 is 0 Å². The van der Waals surface area contributed by atoms with Gasteiger partial charge in [-0.05, 0) is 37.6 Å². The van der Waals surface area contributed by atoms with Gasteiger partial charge >= 0.3 is 0 Å². The summed E-state index contributed by atoms with van der Waals surface area (Å²) in [5.41, 5.74) is 6.14. The fourth-order valence-corrected chi connectivity index (χ4v) is 2.56. The monoisotopic (exact) mass is 277 g/mol. The van der Waals surface area contributed by atoms with E-state index in [-0.39, 0.29) is 0 Å². The number of hydrogen-bond donors (Lipinski definition) is 1. The summed E-state index contributed by atoms with van der Waals surface area (Å²) >= 11 is 0. The molecule has 106 valence electrons. The van der Waals surface area contributed by atoms with Gasteiger partial charge < -0.3 is 9.88 Å². The normalized spacial score (nSPS) is 10.6. The Morgan fingerprint density at radius 2 is 1.86 bits per heavy atom. The minimum absolute atomic E-state index is 0.829. The second-order valence-electron chi connectivity index (χ2n) is 5.37. The Morgan fingerprint density at radius 1 is 1.05 bits per heavy atom. The van der Waals surface area contributed by atoms with E-state index >= 15 is 0 Å². The van der Waals surface area contributed by atoms with Crippen molar-refractivity contribution in [3.8, 4) is 5.69 Å². The smallest absolute Gasteiger partial charge is 0.0991 e. The highest BCUT2D eigenvalue weighted by Gasteiger charge is 1.99. The summed E-state index contributed by atoms with van der Waals surface area (Å²) in [6.45, 7) is 5.10. The van der Waals surface area contributed by atoms with Crippen molar-refractivity contribution in [3.63, 3.8) is 0 Å². The zero-order valence-corrected chi connectivity index (χ0v) is 12.4. The van der Waals surface area contributed by atoms with Gasteiger partial charge in [-0.25, -0.2) is 4.98 Å². The molecule has 0 aliphatic heterocycles. The predicted octanol–water partition coefficient (Wildman–Crippen LogP) is 4.10. The zero-order chi connectivity index (χ0) is 14.7. The summed E-state index contributed by atoms with van der Waals surface area (Å²) in [6.07, 6.45) is 5.54. The van der Waals surface area contributed by atoms with Crippen LogP contribution in [0, 0.1) is 13.8 Å². The largest absolute Gasteiger partial charge is 0.381 e. The lowest BCUT2D eigenvalue weighted by molar-refractivity contribution is 1.05. The summed E-state index contributed by atoms with van der Waals surface area (Å²) in [7, 11) is 0. The molecular weight excluding hydrogens is 258 g/mol. The third-order valence-electron chi connectivity index (χ3n) is 3.43. The SMILES string of the molecule is Cc1cc(C)cc(CNc2cccc(-n3ccnc3)c2)c1. The van der Waals surface area contributed by atoms with Gasteiger partial charge in [0.25, 0.3) is 0 Å². The van der Waals surface area contributed by atoms with Crippen molar-refractivity contribution < 1.29 is 0 Å². The van der Waals surface area contributed by atoms with E-state index in [1.807, 2.05) is 17.1 Å². The first-order chi connectivity index (χ1) is 10.2. The van der Waals surface area contributed by atoms with Crippen LogP contribution in [0.2, 0.25) is 0 Å². The van der Waals surface area contributed by atoms with E-state index in [2.05, 4.69) is 66.6 Å². The standard InChI is InChI=1S/C18H19N3/c1-14-8-15(2)10-16(9-14)12-20-17-4-3-5-18(11-17)21-7-6-19-13-21/h3-11,13,20H,12H2,1-2H3. The summed E-state index contributed by atoms with van der Waals surface area (Å²) in [5.74, 6) is 0. The molecule has 1 heterocycles. The molecule has 0 radical (unpaired) electrons. The summed E-state index contributed by atoms with van der Waals surface area (Å²) < 4.78 is 2.00. The van der Waals surface area contributed by atoms with E-state index in [0.29, 0.717) is 0 Å². The lowest BCUT2D eigenvalue weighted by Gasteiger charge is -2.10. The first kappa shape index (κ1) is 13.4. The van der Waals surface area contributed by atoms with Crippen LogP contribution in [0.25, 0.3) is 5.69 Å². The lowest BCUT2D eigenvalue weighted by Crippen LogP contribution is -2.01. The molecule has 0 fully saturated rings. The number of imidazole rings is 1. The maximum absolute atomic E-state index is 4.08. The van der Waals surface area contributed by atoms with E-state index in [1.54, 1.807) is 6.20 Å². The van der Waals surface area contributed by atoms with E-state index in [9.17, 15) is 0 Å². The average Bonchev–Trinajstić information content (AvgIpc) is 2.99. The molecule has 0 saturated carbocycles. The maximum Gasteiger partial charge on any atom is 0.0991 e. The van der Waals surface area contributed by atoms with Gasteiger partial charge in [0, 0.05) is 30.3 Å². The highest BCUT2D eigenvalue weighted by atomic mass is 15.0. The molecule has 0 atom stereocenters. The van der Waals surface area contributed by atoms with E-state index in [4.69, 9.17) is 0 Å². The van der Waals surface area contributed by atoms with Gasteiger partial charge in [-0.2, -0.15) is 0 Å². The number of aromatic nitrogens is 2. The highest BCUT2D eigenvalue weighted by Crippen LogP contribution is 2.16. The van der Waals surface area contributed by atoms with Gasteiger partial charge in [-0.1, -0.05) is 35.4 Å². The minimum atomic E-state index is 0.829. The van der Waals surface area contributed by atoms with Crippen molar-refractivity contribution in [3.05, 3.63) is 77.9 Å². The Hall–Kier alpha value is -2.55. The third-order valence-corrected chi connectivity index (χ3v) is 3.43. The van der Waals surface area contributed by atoms with Gasteiger partial charge in [0.15, 0.2) is 0 Å². The van der Waals surface area contributed by atoms with Gasteiger partial charge in [-0.3, -0.25) is 0 Å². The van der Waals surface area contributed by atoms with Crippen molar-refractivity contribution in [1.82, 2.24) is 9.55 Å². The second kappa shape index (κ2) is 5.83. The molecule has 0 unspecified atom stereocenters. The molecule has 0 amide bonds. The third kappa shape index (κ3) is 3.31. The number of anilines is 1. The fraction of sp³-hybridized carbons (Fsp3) is 0.167. The van der Waals surface area contributed by atoms with Crippen molar-refractivity contribution in [1.29, 1.82) is 0 Å². The number of nitrogens with zero attached hydrogens (tertiary/aromatic N) is 2. The number of nitrogens with one attached hydrogen (secondary N) is 1. The van der Waals surface area contributed by atoms with Crippen LogP contribution in [-0.4, -0.2) is 9.55 Å². The van der Waals surface area contributed by atoms with Crippen LogP contribution in [0.1, 0.15) is 16.7 Å². The molecule has 3 aromatic rings. The van der Waals surface area contributed by atoms with Crippen LogP contribution < -0.4 is 5.32 Å². The quantitative estimate of drug-likeness (QED) is 0.778. The summed E-state index contributed by atoms with van der Waals surface area (Å²) in [4.78, 5) is 4.08. The van der Waals surface area contributed by atoms with Gasteiger partial charge in [0.1, 0.15) is 0 Å². The lowest BCUT2D eigenvalue weighted by atomic mass is 10.1. The number of aryl methyl sites for hydroxylation is 2. The molecule has 0 saturated heterocycles. The Labute approximate surface area is 125 Å². The van der Waals surface area contributed by atoms with Crippen molar-refractivity contribution in [2.24, 2.45) is 0 Å². The molecule has 0 aliphatic carbocycles. The number of hydrogen-bond acceptors (Lipinski definition) is 2. The fourth-order valence-electron chi connectivity index (χ4n) is 2.56. The molecule has 0 aliphatic rings. The molecule has 21 heavy (non-hydrogen) atoms. The molecule has 1 aromatic heterocycles. The minimum Gasteiger partial charge on any atom is -0.381 e. The maximum atomic E-state index is 4.08. The van der Waals surface area contributed by atoms with Gasteiger partial charge in [0.2, 0.25) is 0 Å². The average molecular weight is 277 g/mol. The van der Waals surface area contributed by atoms with Crippen LogP contribution in [0.15, 0.2) is 61.2 Å². The molecule has 3 rings (SSSR count). The highest BCUT2D eigenvalue weighted by molar-refractivity contribution is 5.51. The van der Waals surface area contributed by atoms with Crippen molar-refractivity contribution >= 4 is 5.69 Å². The molecule has 3 nitrogen and oxygen atoms in total. The van der Waals surface area contributed by atoms with Gasteiger partial charge in [0.05, 0.1) is 6.33 Å². The van der Waals surface area contributed by atoms with Crippen LogP contribution in [-0.2, 0) is 6.54 Å². The first-order valence-electron chi connectivity index (χ1n) is 7.10. The number of rotatable bonds is 4. The Bertz CT molecular complexity index is 710.